The first-order valence-corrected chi connectivity index (χ1v) is 5.30. The third-order valence-electron chi connectivity index (χ3n) is 2.94. The van der Waals surface area contributed by atoms with Gasteiger partial charge < -0.3 is 0 Å². The molecule has 0 unspecified atom stereocenters. The first kappa shape index (κ1) is 9.51. The second-order valence-corrected chi connectivity index (χ2v) is 5.19. The minimum atomic E-state index is 0.260. The van der Waals surface area contributed by atoms with Gasteiger partial charge in [-0.15, -0.1) is 0 Å². The van der Waals surface area contributed by atoms with Gasteiger partial charge in [0.1, 0.15) is 0 Å². The predicted octanol–water partition coefficient (Wildman–Crippen LogP) is 2.26. The molecule has 0 spiro atoms. The van der Waals surface area contributed by atoms with Gasteiger partial charge >= 0.3 is 0 Å². The van der Waals surface area contributed by atoms with Gasteiger partial charge in [-0.1, -0.05) is 45.1 Å². The molecule has 0 amide bonds. The molecule has 0 heterocycles. The first-order valence-electron chi connectivity index (χ1n) is 5.30. The quantitative estimate of drug-likeness (QED) is 0.583. The molecular formula is C14H18. The van der Waals surface area contributed by atoms with Crippen LogP contribution in [0, 0.1) is 6.92 Å². The summed E-state index contributed by atoms with van der Waals surface area (Å²) in [4.78, 5) is 0. The van der Waals surface area contributed by atoms with E-state index in [1.807, 2.05) is 0 Å². The van der Waals surface area contributed by atoms with Gasteiger partial charge in [0.2, 0.25) is 0 Å². The average molecular weight is 186 g/mol. The molecule has 0 atom stereocenters. The van der Waals surface area contributed by atoms with Crippen molar-refractivity contribution >= 4 is 12.2 Å². The third kappa shape index (κ3) is 1.50. The molecule has 2 rings (SSSR count). The molecule has 0 N–H and O–H groups in total. The summed E-state index contributed by atoms with van der Waals surface area (Å²) in [7, 11) is 0. The van der Waals surface area contributed by atoms with Crippen LogP contribution < -0.4 is 10.4 Å². The molecule has 0 saturated heterocycles. The molecule has 74 valence electrons. The summed E-state index contributed by atoms with van der Waals surface area (Å²) in [5.74, 6) is 0. The van der Waals surface area contributed by atoms with E-state index in [-0.39, 0.29) is 5.41 Å². The van der Waals surface area contributed by atoms with Crippen molar-refractivity contribution in [3.63, 3.8) is 0 Å². The zero-order valence-corrected chi connectivity index (χ0v) is 9.52. The molecule has 0 aromatic heterocycles. The highest BCUT2D eigenvalue weighted by molar-refractivity contribution is 5.50. The SMILES string of the molecule is Cc1cc(C(C)(C)C)cc2c1=CCC=2. The zero-order valence-electron chi connectivity index (χ0n) is 9.52. The number of fused-ring (bicyclic) bond motifs is 1. The molecule has 0 aliphatic heterocycles. The molecule has 0 nitrogen and oxygen atoms in total. The highest BCUT2D eigenvalue weighted by Gasteiger charge is 2.14. The van der Waals surface area contributed by atoms with Crippen LogP contribution in [0.3, 0.4) is 0 Å². The Kier molecular flexibility index (Phi) is 2.02. The van der Waals surface area contributed by atoms with E-state index >= 15 is 0 Å². The molecule has 1 aromatic carbocycles. The number of benzene rings is 1. The Bertz CT molecular complexity index is 470. The second kappa shape index (κ2) is 2.98. The van der Waals surface area contributed by atoms with Crippen molar-refractivity contribution in [1.29, 1.82) is 0 Å². The summed E-state index contributed by atoms with van der Waals surface area (Å²) in [6.45, 7) is 9.02. The smallest absolute Gasteiger partial charge is 0.0132 e. The minimum Gasteiger partial charge on any atom is -0.0728 e. The summed E-state index contributed by atoms with van der Waals surface area (Å²) in [6.07, 6.45) is 5.73. The molecule has 0 radical (unpaired) electrons. The van der Waals surface area contributed by atoms with Crippen molar-refractivity contribution in [2.75, 3.05) is 0 Å². The van der Waals surface area contributed by atoms with Crippen LogP contribution in [0.1, 0.15) is 38.3 Å². The van der Waals surface area contributed by atoms with Crippen molar-refractivity contribution in [2.45, 2.75) is 39.5 Å². The largest absolute Gasteiger partial charge is 0.0728 e. The third-order valence-corrected chi connectivity index (χ3v) is 2.94. The van der Waals surface area contributed by atoms with E-state index in [1.54, 1.807) is 0 Å². The lowest BCUT2D eigenvalue weighted by Gasteiger charge is -2.19. The van der Waals surface area contributed by atoms with Gasteiger partial charge in [0.25, 0.3) is 0 Å². The van der Waals surface area contributed by atoms with Crippen molar-refractivity contribution in [3.8, 4) is 0 Å². The van der Waals surface area contributed by atoms with Gasteiger partial charge in [-0.25, -0.2) is 0 Å². The lowest BCUT2D eigenvalue weighted by atomic mass is 9.85. The summed E-state index contributed by atoms with van der Waals surface area (Å²) >= 11 is 0. The lowest BCUT2D eigenvalue weighted by molar-refractivity contribution is 0.589. The summed E-state index contributed by atoms with van der Waals surface area (Å²) in [5.41, 5.74) is 3.12. The van der Waals surface area contributed by atoms with E-state index in [4.69, 9.17) is 0 Å². The van der Waals surface area contributed by atoms with E-state index in [0.717, 1.165) is 6.42 Å². The zero-order chi connectivity index (χ0) is 10.3. The van der Waals surface area contributed by atoms with E-state index in [1.165, 1.54) is 21.6 Å². The van der Waals surface area contributed by atoms with Crippen molar-refractivity contribution in [3.05, 3.63) is 33.7 Å². The predicted molar refractivity (Wildman–Crippen MR) is 62.7 cm³/mol. The Morgan fingerprint density at radius 2 is 1.79 bits per heavy atom. The summed E-state index contributed by atoms with van der Waals surface area (Å²) < 4.78 is 0. The lowest BCUT2D eigenvalue weighted by Crippen LogP contribution is -2.27. The van der Waals surface area contributed by atoms with Crippen LogP contribution in [-0.2, 0) is 5.41 Å². The standard InChI is InChI=1S/C14H18/c1-10-8-12(14(2,3)4)9-11-6-5-7-13(10)11/h6-9H,5H2,1-4H3. The average Bonchev–Trinajstić information content (AvgIpc) is 2.50. The van der Waals surface area contributed by atoms with Crippen LogP contribution in [0.25, 0.3) is 12.2 Å². The van der Waals surface area contributed by atoms with E-state index in [0.29, 0.717) is 0 Å². The van der Waals surface area contributed by atoms with E-state index < -0.39 is 0 Å². The minimum absolute atomic E-state index is 0.260. The fourth-order valence-corrected chi connectivity index (χ4v) is 2.01. The normalized spacial score (nSPS) is 14.6. The van der Waals surface area contributed by atoms with Crippen LogP contribution in [0.4, 0.5) is 0 Å². The Morgan fingerprint density at radius 3 is 2.43 bits per heavy atom. The Morgan fingerprint density at radius 1 is 1.07 bits per heavy atom. The molecule has 1 aromatic rings. The molecule has 14 heavy (non-hydrogen) atoms. The van der Waals surface area contributed by atoms with E-state index in [2.05, 4.69) is 52.0 Å². The highest BCUT2D eigenvalue weighted by atomic mass is 14.2. The van der Waals surface area contributed by atoms with Crippen molar-refractivity contribution < 1.29 is 0 Å². The van der Waals surface area contributed by atoms with Crippen LogP contribution in [0.2, 0.25) is 0 Å². The maximum Gasteiger partial charge on any atom is -0.0132 e. The molecule has 0 fully saturated rings. The van der Waals surface area contributed by atoms with Crippen molar-refractivity contribution in [2.24, 2.45) is 0 Å². The van der Waals surface area contributed by atoms with Crippen LogP contribution in [0.5, 0.6) is 0 Å². The fourth-order valence-electron chi connectivity index (χ4n) is 2.01. The maximum absolute atomic E-state index is 2.34. The monoisotopic (exact) mass is 186 g/mol. The summed E-state index contributed by atoms with van der Waals surface area (Å²) in [6, 6.07) is 4.67. The van der Waals surface area contributed by atoms with Gasteiger partial charge in [-0.3, -0.25) is 0 Å². The Balaban J connectivity index is 2.72. The Hall–Kier alpha value is -1.04. The van der Waals surface area contributed by atoms with Gasteiger partial charge in [0.15, 0.2) is 0 Å². The first-order chi connectivity index (χ1) is 6.48. The molecule has 0 bridgehead atoms. The fraction of sp³-hybridized carbons (Fsp3) is 0.429. The number of hydrogen-bond donors (Lipinski definition) is 0. The van der Waals surface area contributed by atoms with Gasteiger partial charge in [0, 0.05) is 0 Å². The number of hydrogen-bond acceptors (Lipinski definition) is 0. The van der Waals surface area contributed by atoms with Crippen LogP contribution in [-0.4, -0.2) is 0 Å². The summed E-state index contributed by atoms with van der Waals surface area (Å²) in [5, 5.41) is 2.87. The van der Waals surface area contributed by atoms with Gasteiger partial charge in [0.05, 0.1) is 0 Å². The highest BCUT2D eigenvalue weighted by Crippen LogP contribution is 2.20. The molecule has 1 aliphatic rings. The maximum atomic E-state index is 2.34. The van der Waals surface area contributed by atoms with Gasteiger partial charge in [-0.2, -0.15) is 0 Å². The molecule has 0 saturated carbocycles. The topological polar surface area (TPSA) is 0 Å². The molecule has 0 heteroatoms. The van der Waals surface area contributed by atoms with Crippen LogP contribution >= 0.6 is 0 Å². The number of rotatable bonds is 0. The van der Waals surface area contributed by atoms with Crippen molar-refractivity contribution in [1.82, 2.24) is 0 Å². The molecular weight excluding hydrogens is 168 g/mol. The van der Waals surface area contributed by atoms with E-state index in [9.17, 15) is 0 Å². The second-order valence-electron chi connectivity index (χ2n) is 5.19. The molecule has 1 aliphatic carbocycles. The van der Waals surface area contributed by atoms with Crippen LogP contribution in [0.15, 0.2) is 12.1 Å². The number of aryl methyl sites for hydroxylation is 1. The Labute approximate surface area is 86.0 Å². The van der Waals surface area contributed by atoms with Gasteiger partial charge in [-0.05, 0) is 40.3 Å².